The SMILES string of the molecule is CC(=O)c1cccc(N[C@@H](C)C(=O)c2ccc3c(c2)CCN3C(C)=O)c1. The van der Waals surface area contributed by atoms with Gasteiger partial charge >= 0.3 is 0 Å². The summed E-state index contributed by atoms with van der Waals surface area (Å²) >= 11 is 0. The van der Waals surface area contributed by atoms with E-state index in [4.69, 9.17) is 0 Å². The zero-order valence-electron chi connectivity index (χ0n) is 15.2. The van der Waals surface area contributed by atoms with E-state index in [-0.39, 0.29) is 17.5 Å². The van der Waals surface area contributed by atoms with Gasteiger partial charge in [-0.2, -0.15) is 0 Å². The Morgan fingerprint density at radius 2 is 1.81 bits per heavy atom. The molecule has 0 aliphatic carbocycles. The number of carbonyl (C=O) groups is 3. The molecule has 0 radical (unpaired) electrons. The van der Waals surface area contributed by atoms with Crippen LogP contribution in [0.3, 0.4) is 0 Å². The Morgan fingerprint density at radius 1 is 1.04 bits per heavy atom. The molecule has 0 saturated carbocycles. The van der Waals surface area contributed by atoms with E-state index in [0.717, 1.165) is 23.4 Å². The van der Waals surface area contributed by atoms with Crippen molar-refractivity contribution in [3.63, 3.8) is 0 Å². The topological polar surface area (TPSA) is 66.5 Å². The van der Waals surface area contributed by atoms with E-state index >= 15 is 0 Å². The molecule has 1 heterocycles. The monoisotopic (exact) mass is 350 g/mol. The second kappa shape index (κ2) is 7.12. The van der Waals surface area contributed by atoms with Gasteiger partial charge in [-0.25, -0.2) is 0 Å². The van der Waals surface area contributed by atoms with Crippen molar-refractivity contribution in [2.45, 2.75) is 33.2 Å². The number of nitrogens with one attached hydrogen (secondary N) is 1. The minimum atomic E-state index is -0.430. The molecule has 5 heteroatoms. The van der Waals surface area contributed by atoms with Gasteiger partial charge in [0.15, 0.2) is 11.6 Å². The predicted molar refractivity (Wildman–Crippen MR) is 102 cm³/mol. The maximum atomic E-state index is 12.8. The molecule has 0 fully saturated rings. The molecule has 2 aromatic rings. The zero-order chi connectivity index (χ0) is 18.8. The first-order valence-corrected chi connectivity index (χ1v) is 8.69. The fourth-order valence-electron chi connectivity index (χ4n) is 3.28. The minimum Gasteiger partial charge on any atom is -0.375 e. The molecular formula is C21H22N2O3. The molecule has 0 aromatic heterocycles. The van der Waals surface area contributed by atoms with Crippen molar-refractivity contribution in [1.82, 2.24) is 0 Å². The average Bonchev–Trinajstić information content (AvgIpc) is 3.04. The molecule has 0 unspecified atom stereocenters. The number of Topliss-reactive ketones (excluding diaryl/α,β-unsaturated/α-hetero) is 2. The minimum absolute atomic E-state index is 0.0127. The van der Waals surface area contributed by atoms with Gasteiger partial charge in [-0.1, -0.05) is 12.1 Å². The van der Waals surface area contributed by atoms with Crippen molar-refractivity contribution < 1.29 is 14.4 Å². The number of hydrogen-bond donors (Lipinski definition) is 1. The van der Waals surface area contributed by atoms with Crippen LogP contribution < -0.4 is 10.2 Å². The van der Waals surface area contributed by atoms with Crippen molar-refractivity contribution in [1.29, 1.82) is 0 Å². The van der Waals surface area contributed by atoms with Crippen LogP contribution in [0.15, 0.2) is 42.5 Å². The summed E-state index contributed by atoms with van der Waals surface area (Å²) in [5, 5.41) is 3.16. The fraction of sp³-hybridized carbons (Fsp3) is 0.286. The van der Waals surface area contributed by atoms with Crippen LogP contribution in [0.25, 0.3) is 0 Å². The fourth-order valence-corrected chi connectivity index (χ4v) is 3.28. The molecule has 134 valence electrons. The summed E-state index contributed by atoms with van der Waals surface area (Å²) in [6.07, 6.45) is 0.762. The van der Waals surface area contributed by atoms with E-state index in [0.29, 0.717) is 17.7 Å². The highest BCUT2D eigenvalue weighted by atomic mass is 16.2. The molecule has 26 heavy (non-hydrogen) atoms. The van der Waals surface area contributed by atoms with Gasteiger partial charge in [0.2, 0.25) is 5.91 Å². The Kier molecular flexibility index (Phi) is 4.89. The van der Waals surface area contributed by atoms with Crippen LogP contribution in [0.1, 0.15) is 47.1 Å². The summed E-state index contributed by atoms with van der Waals surface area (Å²) in [7, 11) is 0. The molecule has 3 rings (SSSR count). The smallest absolute Gasteiger partial charge is 0.223 e. The lowest BCUT2D eigenvalue weighted by atomic mass is 10.0. The van der Waals surface area contributed by atoms with Gasteiger partial charge < -0.3 is 10.2 Å². The third-order valence-corrected chi connectivity index (χ3v) is 4.69. The van der Waals surface area contributed by atoms with Crippen LogP contribution in [-0.2, 0) is 11.2 Å². The van der Waals surface area contributed by atoms with E-state index in [1.54, 1.807) is 43.0 Å². The van der Waals surface area contributed by atoms with Crippen LogP contribution in [0.5, 0.6) is 0 Å². The summed E-state index contributed by atoms with van der Waals surface area (Å²) in [5.74, 6) is -0.0215. The van der Waals surface area contributed by atoms with Crippen LogP contribution in [0.2, 0.25) is 0 Å². The maximum Gasteiger partial charge on any atom is 0.223 e. The Bertz CT molecular complexity index is 889. The van der Waals surface area contributed by atoms with Gasteiger partial charge in [0.25, 0.3) is 0 Å². The number of carbonyl (C=O) groups excluding carboxylic acids is 3. The van der Waals surface area contributed by atoms with Crippen molar-refractivity contribution >= 4 is 28.8 Å². The van der Waals surface area contributed by atoms with Crippen LogP contribution in [-0.4, -0.2) is 30.1 Å². The molecule has 2 aromatic carbocycles. The zero-order valence-corrected chi connectivity index (χ0v) is 15.2. The van der Waals surface area contributed by atoms with Gasteiger partial charge in [-0.15, -0.1) is 0 Å². The molecule has 0 spiro atoms. The first-order chi connectivity index (χ1) is 12.4. The van der Waals surface area contributed by atoms with Gasteiger partial charge in [0.05, 0.1) is 6.04 Å². The quantitative estimate of drug-likeness (QED) is 0.839. The summed E-state index contributed by atoms with van der Waals surface area (Å²) in [6, 6.07) is 12.2. The number of benzene rings is 2. The summed E-state index contributed by atoms with van der Waals surface area (Å²) in [5.41, 5.74) is 3.89. The summed E-state index contributed by atoms with van der Waals surface area (Å²) in [4.78, 5) is 37.6. The van der Waals surface area contributed by atoms with E-state index in [9.17, 15) is 14.4 Å². The number of ketones is 2. The third-order valence-electron chi connectivity index (χ3n) is 4.69. The van der Waals surface area contributed by atoms with E-state index < -0.39 is 6.04 Å². The van der Waals surface area contributed by atoms with Gasteiger partial charge in [0.1, 0.15) is 0 Å². The highest BCUT2D eigenvalue weighted by Crippen LogP contribution is 2.29. The van der Waals surface area contributed by atoms with Crippen LogP contribution in [0.4, 0.5) is 11.4 Å². The van der Waals surface area contributed by atoms with Gasteiger partial charge in [0, 0.05) is 36.0 Å². The number of nitrogens with zero attached hydrogens (tertiary/aromatic N) is 1. The average molecular weight is 350 g/mol. The molecular weight excluding hydrogens is 328 g/mol. The molecule has 5 nitrogen and oxygen atoms in total. The van der Waals surface area contributed by atoms with Crippen molar-refractivity contribution in [2.75, 3.05) is 16.8 Å². The van der Waals surface area contributed by atoms with E-state index in [1.165, 1.54) is 6.92 Å². The molecule has 0 bridgehead atoms. The first kappa shape index (κ1) is 17.9. The van der Waals surface area contributed by atoms with Crippen molar-refractivity contribution in [3.8, 4) is 0 Å². The number of anilines is 2. The Morgan fingerprint density at radius 3 is 2.50 bits per heavy atom. The molecule has 1 aliphatic heterocycles. The highest BCUT2D eigenvalue weighted by molar-refractivity contribution is 6.03. The molecule has 1 N–H and O–H groups in total. The van der Waals surface area contributed by atoms with E-state index in [2.05, 4.69) is 5.32 Å². The molecule has 1 aliphatic rings. The van der Waals surface area contributed by atoms with Crippen LogP contribution in [0, 0.1) is 0 Å². The van der Waals surface area contributed by atoms with Gasteiger partial charge in [-0.3, -0.25) is 14.4 Å². The van der Waals surface area contributed by atoms with E-state index in [1.807, 2.05) is 18.2 Å². The Labute approximate surface area is 153 Å². The molecule has 0 saturated heterocycles. The molecule has 1 atom stereocenters. The molecule has 1 amide bonds. The number of rotatable bonds is 5. The lowest BCUT2D eigenvalue weighted by Gasteiger charge is -2.17. The summed E-state index contributed by atoms with van der Waals surface area (Å²) < 4.78 is 0. The standard InChI is InChI=1S/C21H22N2O3/c1-13(22-19-6-4-5-16(12-19)14(2)24)21(26)18-7-8-20-17(11-18)9-10-23(20)15(3)25/h4-8,11-13,22H,9-10H2,1-3H3/t13-/m0/s1. The third kappa shape index (κ3) is 3.52. The van der Waals surface area contributed by atoms with Gasteiger partial charge in [-0.05, 0) is 56.2 Å². The second-order valence-corrected chi connectivity index (χ2v) is 6.63. The largest absolute Gasteiger partial charge is 0.375 e. The van der Waals surface area contributed by atoms with Crippen LogP contribution >= 0.6 is 0 Å². The predicted octanol–water partition coefficient (Wildman–Crippen LogP) is 3.48. The number of amides is 1. The normalized spacial score (nSPS) is 13.9. The lowest BCUT2D eigenvalue weighted by Crippen LogP contribution is -2.27. The second-order valence-electron chi connectivity index (χ2n) is 6.63. The van der Waals surface area contributed by atoms with Crippen molar-refractivity contribution in [3.05, 3.63) is 59.2 Å². The highest BCUT2D eigenvalue weighted by Gasteiger charge is 2.24. The summed E-state index contributed by atoms with van der Waals surface area (Å²) in [6.45, 7) is 5.53. The Hall–Kier alpha value is -2.95. The maximum absolute atomic E-state index is 12.8. The first-order valence-electron chi connectivity index (χ1n) is 8.69. The lowest BCUT2D eigenvalue weighted by molar-refractivity contribution is -0.116. The van der Waals surface area contributed by atoms with Crippen molar-refractivity contribution in [2.24, 2.45) is 0 Å². The number of hydrogen-bond acceptors (Lipinski definition) is 4. The Balaban J connectivity index is 1.76. The number of fused-ring (bicyclic) bond motifs is 1.